The Balaban J connectivity index is 2.21. The molecule has 1 aliphatic heterocycles. The second-order valence-electron chi connectivity index (χ2n) is 5.39. The van der Waals surface area contributed by atoms with E-state index in [0.717, 1.165) is 31.0 Å². The molecule has 1 saturated heterocycles. The van der Waals surface area contributed by atoms with Crippen LogP contribution in [0.15, 0.2) is 18.3 Å². The Morgan fingerprint density at radius 3 is 2.94 bits per heavy atom. The summed E-state index contributed by atoms with van der Waals surface area (Å²) in [5, 5.41) is 0. The number of pyridine rings is 1. The summed E-state index contributed by atoms with van der Waals surface area (Å²) < 4.78 is 0. The highest BCUT2D eigenvalue weighted by atomic mass is 15.3. The average molecular weight is 248 g/mol. The molecule has 1 fully saturated rings. The fourth-order valence-electron chi connectivity index (χ4n) is 2.59. The van der Waals surface area contributed by atoms with E-state index in [1.807, 2.05) is 19.2 Å². The fraction of sp³-hybridized carbons (Fsp3) is 0.643. The van der Waals surface area contributed by atoms with E-state index >= 15 is 0 Å². The third kappa shape index (κ3) is 3.00. The van der Waals surface area contributed by atoms with E-state index in [4.69, 9.17) is 5.73 Å². The van der Waals surface area contributed by atoms with Gasteiger partial charge in [0.25, 0.3) is 0 Å². The van der Waals surface area contributed by atoms with Crippen molar-refractivity contribution in [2.24, 2.45) is 5.73 Å². The Hall–Kier alpha value is -1.13. The summed E-state index contributed by atoms with van der Waals surface area (Å²) in [5.74, 6) is 1.06. The quantitative estimate of drug-likeness (QED) is 0.864. The summed E-state index contributed by atoms with van der Waals surface area (Å²) in [6.07, 6.45) is 3.06. The van der Waals surface area contributed by atoms with Crippen molar-refractivity contribution in [2.45, 2.75) is 32.4 Å². The van der Waals surface area contributed by atoms with Gasteiger partial charge in [0, 0.05) is 31.4 Å². The number of hydrogen-bond donors (Lipinski definition) is 1. The molecule has 1 aromatic rings. The van der Waals surface area contributed by atoms with Crippen LogP contribution in [0.3, 0.4) is 0 Å². The maximum atomic E-state index is 5.95. The van der Waals surface area contributed by atoms with Crippen LogP contribution >= 0.6 is 0 Å². The van der Waals surface area contributed by atoms with Gasteiger partial charge in [0.05, 0.1) is 0 Å². The van der Waals surface area contributed by atoms with Gasteiger partial charge in [-0.05, 0) is 51.6 Å². The van der Waals surface area contributed by atoms with Crippen LogP contribution in [0.25, 0.3) is 0 Å². The second kappa shape index (κ2) is 5.67. The van der Waals surface area contributed by atoms with Gasteiger partial charge in [-0.1, -0.05) is 0 Å². The summed E-state index contributed by atoms with van der Waals surface area (Å²) in [4.78, 5) is 9.30. The lowest BCUT2D eigenvalue weighted by Gasteiger charge is -2.29. The first-order valence-electron chi connectivity index (χ1n) is 6.74. The van der Waals surface area contributed by atoms with Gasteiger partial charge < -0.3 is 15.5 Å². The molecule has 4 heteroatoms. The van der Waals surface area contributed by atoms with Gasteiger partial charge >= 0.3 is 0 Å². The van der Waals surface area contributed by atoms with E-state index in [1.165, 1.54) is 6.42 Å². The minimum Gasteiger partial charge on any atom is -0.353 e. The van der Waals surface area contributed by atoms with Crippen molar-refractivity contribution in [1.82, 2.24) is 9.88 Å². The molecule has 0 radical (unpaired) electrons. The van der Waals surface area contributed by atoms with Crippen LogP contribution in [-0.4, -0.2) is 42.6 Å². The van der Waals surface area contributed by atoms with Gasteiger partial charge in [-0.25, -0.2) is 4.98 Å². The molecule has 4 nitrogen and oxygen atoms in total. The molecule has 100 valence electrons. The first kappa shape index (κ1) is 13.3. The maximum Gasteiger partial charge on any atom is 0.129 e. The van der Waals surface area contributed by atoms with Gasteiger partial charge in [-0.3, -0.25) is 0 Å². The van der Waals surface area contributed by atoms with Crippen molar-refractivity contribution < 1.29 is 0 Å². The maximum absolute atomic E-state index is 5.95. The first-order valence-corrected chi connectivity index (χ1v) is 6.74. The summed E-state index contributed by atoms with van der Waals surface area (Å²) >= 11 is 0. The molecule has 0 bridgehead atoms. The zero-order chi connectivity index (χ0) is 13.1. The summed E-state index contributed by atoms with van der Waals surface area (Å²) in [6, 6.07) is 4.69. The third-order valence-electron chi connectivity index (χ3n) is 3.64. The Morgan fingerprint density at radius 2 is 2.22 bits per heavy atom. The van der Waals surface area contributed by atoms with E-state index in [9.17, 15) is 0 Å². The minimum atomic E-state index is 0.0664. The van der Waals surface area contributed by atoms with Gasteiger partial charge in [-0.15, -0.1) is 0 Å². The van der Waals surface area contributed by atoms with Crippen molar-refractivity contribution in [3.05, 3.63) is 23.9 Å². The number of nitrogens with zero attached hydrogens (tertiary/aromatic N) is 3. The van der Waals surface area contributed by atoms with Crippen LogP contribution in [0.2, 0.25) is 0 Å². The molecule has 2 rings (SSSR count). The highest BCUT2D eigenvalue weighted by Gasteiger charge is 2.21. The molecule has 0 aliphatic carbocycles. The van der Waals surface area contributed by atoms with Crippen molar-refractivity contribution in [2.75, 3.05) is 31.6 Å². The molecular weight excluding hydrogens is 224 g/mol. The topological polar surface area (TPSA) is 45.4 Å². The van der Waals surface area contributed by atoms with Crippen LogP contribution in [-0.2, 0) is 0 Å². The molecule has 1 aromatic heterocycles. The molecule has 2 heterocycles. The first-order chi connectivity index (χ1) is 8.58. The van der Waals surface area contributed by atoms with E-state index in [2.05, 4.69) is 34.8 Å². The van der Waals surface area contributed by atoms with Crippen LogP contribution in [0, 0.1) is 0 Å². The van der Waals surface area contributed by atoms with Crippen LogP contribution in [0.4, 0.5) is 5.82 Å². The van der Waals surface area contributed by atoms with Gasteiger partial charge in [0.2, 0.25) is 0 Å². The lowest BCUT2D eigenvalue weighted by molar-refractivity contribution is 0.337. The SMILES string of the molecule is CC1CN(C)CCCN1c1cc([C@@H](C)N)ccn1. The summed E-state index contributed by atoms with van der Waals surface area (Å²) in [6.45, 7) is 7.60. The Morgan fingerprint density at radius 1 is 1.44 bits per heavy atom. The molecule has 0 spiro atoms. The fourth-order valence-corrected chi connectivity index (χ4v) is 2.59. The molecule has 2 atom stereocenters. The van der Waals surface area contributed by atoms with Gasteiger partial charge in [0.1, 0.15) is 5.82 Å². The van der Waals surface area contributed by atoms with Gasteiger partial charge in [-0.2, -0.15) is 0 Å². The van der Waals surface area contributed by atoms with Crippen molar-refractivity contribution in [3.63, 3.8) is 0 Å². The van der Waals surface area contributed by atoms with Crippen molar-refractivity contribution in [1.29, 1.82) is 0 Å². The largest absolute Gasteiger partial charge is 0.353 e. The van der Waals surface area contributed by atoms with E-state index < -0.39 is 0 Å². The lowest BCUT2D eigenvalue weighted by atomic mass is 10.1. The highest BCUT2D eigenvalue weighted by Crippen LogP contribution is 2.20. The number of nitrogens with two attached hydrogens (primary N) is 1. The highest BCUT2D eigenvalue weighted by molar-refractivity contribution is 5.43. The standard InChI is InChI=1S/C14H24N4/c1-11-10-17(3)7-4-8-18(11)14-9-13(12(2)15)5-6-16-14/h5-6,9,11-12H,4,7-8,10,15H2,1-3H3/t11?,12-/m1/s1. The Kier molecular flexibility index (Phi) is 4.19. The summed E-state index contributed by atoms with van der Waals surface area (Å²) in [5.41, 5.74) is 7.10. The van der Waals surface area contributed by atoms with Crippen LogP contribution < -0.4 is 10.6 Å². The molecule has 1 unspecified atom stereocenters. The number of likely N-dealkylation sites (N-methyl/N-ethyl adjacent to an activating group) is 1. The summed E-state index contributed by atoms with van der Waals surface area (Å²) in [7, 11) is 2.19. The molecule has 0 aromatic carbocycles. The average Bonchev–Trinajstić information content (AvgIpc) is 2.50. The molecule has 18 heavy (non-hydrogen) atoms. The van der Waals surface area contributed by atoms with Gasteiger partial charge in [0.15, 0.2) is 0 Å². The van der Waals surface area contributed by atoms with E-state index in [1.54, 1.807) is 0 Å². The smallest absolute Gasteiger partial charge is 0.129 e. The number of rotatable bonds is 2. The van der Waals surface area contributed by atoms with Crippen LogP contribution in [0.1, 0.15) is 31.9 Å². The predicted molar refractivity (Wildman–Crippen MR) is 75.8 cm³/mol. The molecule has 0 saturated carbocycles. The van der Waals surface area contributed by atoms with E-state index in [-0.39, 0.29) is 6.04 Å². The van der Waals surface area contributed by atoms with Crippen molar-refractivity contribution in [3.8, 4) is 0 Å². The Labute approximate surface area is 110 Å². The van der Waals surface area contributed by atoms with Crippen molar-refractivity contribution >= 4 is 5.82 Å². The Bertz CT molecular complexity index is 391. The normalized spacial score (nSPS) is 23.8. The second-order valence-corrected chi connectivity index (χ2v) is 5.39. The zero-order valence-electron chi connectivity index (χ0n) is 11.6. The number of anilines is 1. The zero-order valence-corrected chi connectivity index (χ0v) is 11.6. The van der Waals surface area contributed by atoms with Crippen LogP contribution in [0.5, 0.6) is 0 Å². The third-order valence-corrected chi connectivity index (χ3v) is 3.64. The minimum absolute atomic E-state index is 0.0664. The lowest BCUT2D eigenvalue weighted by Crippen LogP contribution is -2.38. The number of hydrogen-bond acceptors (Lipinski definition) is 4. The molecule has 0 amide bonds. The number of aromatic nitrogens is 1. The monoisotopic (exact) mass is 248 g/mol. The molecule has 2 N–H and O–H groups in total. The molecule has 1 aliphatic rings. The molecular formula is C14H24N4. The predicted octanol–water partition coefficient (Wildman–Crippen LogP) is 1.63. The van der Waals surface area contributed by atoms with E-state index in [0.29, 0.717) is 6.04 Å².